The molecule has 0 bridgehead atoms. The number of alkyl halides is 3. The molecule has 1 aromatic rings. The molecule has 7 heteroatoms. The molecular formula is C13H15F3N2OS. The first-order chi connectivity index (χ1) is 9.43. The van der Waals surface area contributed by atoms with Crippen LogP contribution < -0.4 is 5.32 Å². The molecule has 0 spiro atoms. The average molecular weight is 304 g/mol. The van der Waals surface area contributed by atoms with Gasteiger partial charge in [0.05, 0.1) is 11.1 Å². The third-order valence-electron chi connectivity index (χ3n) is 3.14. The van der Waals surface area contributed by atoms with Gasteiger partial charge in [0.15, 0.2) is 0 Å². The van der Waals surface area contributed by atoms with E-state index in [1.54, 1.807) is 23.7 Å². The largest absolute Gasteiger partial charge is 0.416 e. The minimum absolute atomic E-state index is 0.0780. The van der Waals surface area contributed by atoms with Gasteiger partial charge in [-0.2, -0.15) is 24.9 Å². The predicted molar refractivity (Wildman–Crippen MR) is 74.2 cm³/mol. The Kier molecular flexibility index (Phi) is 4.47. The summed E-state index contributed by atoms with van der Waals surface area (Å²) in [5.41, 5.74) is -0.304. The fourth-order valence-electron chi connectivity index (χ4n) is 2.05. The highest BCUT2D eigenvalue weighted by atomic mass is 32.2. The van der Waals surface area contributed by atoms with Crippen molar-refractivity contribution in [3.63, 3.8) is 0 Å². The highest BCUT2D eigenvalue weighted by molar-refractivity contribution is 7.99. The number of halogens is 3. The van der Waals surface area contributed by atoms with Gasteiger partial charge < -0.3 is 10.2 Å². The molecule has 1 amide bonds. The maximum Gasteiger partial charge on any atom is 0.416 e. The highest BCUT2D eigenvalue weighted by Crippen LogP contribution is 2.32. The number of nitrogens with one attached hydrogen (secondary N) is 1. The van der Waals surface area contributed by atoms with Crippen LogP contribution in [0, 0.1) is 0 Å². The highest BCUT2D eigenvalue weighted by Gasteiger charge is 2.32. The van der Waals surface area contributed by atoms with E-state index in [4.69, 9.17) is 0 Å². The predicted octanol–water partition coefficient (Wildman–Crippen LogP) is 2.94. The lowest BCUT2D eigenvalue weighted by Crippen LogP contribution is -2.38. The van der Waals surface area contributed by atoms with Crippen LogP contribution in [-0.4, -0.2) is 42.4 Å². The lowest BCUT2D eigenvalue weighted by molar-refractivity contribution is -0.137. The molecule has 1 aromatic carbocycles. The van der Waals surface area contributed by atoms with Crippen molar-refractivity contribution < 1.29 is 18.0 Å². The molecule has 0 aromatic heterocycles. The summed E-state index contributed by atoms with van der Waals surface area (Å²) >= 11 is 1.74. The normalized spacial score (nSPS) is 16.1. The van der Waals surface area contributed by atoms with Crippen molar-refractivity contribution in [2.45, 2.75) is 6.18 Å². The Balaban J connectivity index is 2.34. The number of thioether (sulfide) groups is 1. The summed E-state index contributed by atoms with van der Waals surface area (Å²) in [5, 5.41) is 2.77. The molecule has 1 aliphatic rings. The Labute approximate surface area is 119 Å². The third kappa shape index (κ3) is 3.20. The molecule has 110 valence electrons. The van der Waals surface area contributed by atoms with Gasteiger partial charge in [0.2, 0.25) is 0 Å². The lowest BCUT2D eigenvalue weighted by Gasteiger charge is -2.27. The Morgan fingerprint density at radius 3 is 2.50 bits per heavy atom. The van der Waals surface area contributed by atoms with Gasteiger partial charge in [-0.15, -0.1) is 0 Å². The SMILES string of the molecule is CNc1ccc(C(F)(F)F)cc1C(=O)N1CCSCC1. The second-order valence-corrected chi connectivity index (χ2v) is 5.64. The molecule has 1 N–H and O–H groups in total. The molecule has 3 nitrogen and oxygen atoms in total. The van der Waals surface area contributed by atoms with E-state index in [2.05, 4.69) is 5.32 Å². The van der Waals surface area contributed by atoms with Crippen LogP contribution in [-0.2, 0) is 6.18 Å². The summed E-state index contributed by atoms with van der Waals surface area (Å²) in [6.45, 7) is 1.14. The maximum absolute atomic E-state index is 12.8. The van der Waals surface area contributed by atoms with Gasteiger partial charge >= 0.3 is 6.18 Å². The van der Waals surface area contributed by atoms with Gasteiger partial charge in [-0.25, -0.2) is 0 Å². The van der Waals surface area contributed by atoms with Crippen molar-refractivity contribution in [1.82, 2.24) is 4.90 Å². The van der Waals surface area contributed by atoms with Crippen molar-refractivity contribution in [3.05, 3.63) is 29.3 Å². The van der Waals surface area contributed by atoms with E-state index in [-0.39, 0.29) is 11.5 Å². The molecule has 0 unspecified atom stereocenters. The average Bonchev–Trinajstić information content (AvgIpc) is 2.45. The first-order valence-electron chi connectivity index (χ1n) is 6.19. The molecule has 0 radical (unpaired) electrons. The summed E-state index contributed by atoms with van der Waals surface area (Å²) in [4.78, 5) is 14.0. The number of carbonyl (C=O) groups is 1. The molecule has 1 saturated heterocycles. The number of anilines is 1. The van der Waals surface area contributed by atoms with Crippen LogP contribution in [0.2, 0.25) is 0 Å². The number of benzene rings is 1. The zero-order chi connectivity index (χ0) is 14.8. The number of hydrogen-bond donors (Lipinski definition) is 1. The van der Waals surface area contributed by atoms with E-state index in [0.29, 0.717) is 18.8 Å². The first-order valence-corrected chi connectivity index (χ1v) is 7.35. The monoisotopic (exact) mass is 304 g/mol. The second-order valence-electron chi connectivity index (χ2n) is 4.41. The summed E-state index contributed by atoms with van der Waals surface area (Å²) < 4.78 is 38.3. The van der Waals surface area contributed by atoms with Crippen LogP contribution in [0.15, 0.2) is 18.2 Å². The number of carbonyl (C=O) groups excluding carboxylic acids is 1. The zero-order valence-electron chi connectivity index (χ0n) is 11.0. The van der Waals surface area contributed by atoms with Crippen LogP contribution in [0.25, 0.3) is 0 Å². The molecule has 20 heavy (non-hydrogen) atoms. The smallest absolute Gasteiger partial charge is 0.387 e. The van der Waals surface area contributed by atoms with Crippen molar-refractivity contribution >= 4 is 23.4 Å². The number of nitrogens with zero attached hydrogens (tertiary/aromatic N) is 1. The van der Waals surface area contributed by atoms with Crippen LogP contribution >= 0.6 is 11.8 Å². The zero-order valence-corrected chi connectivity index (χ0v) is 11.8. The Bertz CT molecular complexity index is 499. The fraction of sp³-hybridized carbons (Fsp3) is 0.462. The topological polar surface area (TPSA) is 32.3 Å². The summed E-state index contributed by atoms with van der Waals surface area (Å²) in [6, 6.07) is 3.21. The van der Waals surface area contributed by atoms with Gasteiger partial charge in [0.1, 0.15) is 0 Å². The molecule has 1 fully saturated rings. The van der Waals surface area contributed by atoms with E-state index in [1.807, 2.05) is 0 Å². The molecule has 1 heterocycles. The molecule has 2 rings (SSSR count). The number of rotatable bonds is 2. The minimum Gasteiger partial charge on any atom is -0.387 e. The van der Waals surface area contributed by atoms with E-state index in [1.165, 1.54) is 6.07 Å². The van der Waals surface area contributed by atoms with Crippen molar-refractivity contribution in [1.29, 1.82) is 0 Å². The summed E-state index contributed by atoms with van der Waals surface area (Å²) in [5.74, 6) is 1.29. The van der Waals surface area contributed by atoms with E-state index in [0.717, 1.165) is 23.6 Å². The van der Waals surface area contributed by atoms with Gasteiger partial charge in [-0.05, 0) is 18.2 Å². The molecule has 0 aliphatic carbocycles. The Morgan fingerprint density at radius 1 is 1.30 bits per heavy atom. The minimum atomic E-state index is -4.45. The summed E-state index contributed by atoms with van der Waals surface area (Å²) in [7, 11) is 1.59. The molecule has 1 aliphatic heterocycles. The van der Waals surface area contributed by atoms with Crippen molar-refractivity contribution in [3.8, 4) is 0 Å². The first kappa shape index (κ1) is 15.0. The molecule has 0 atom stereocenters. The number of amides is 1. The van der Waals surface area contributed by atoms with Crippen LogP contribution in [0.5, 0.6) is 0 Å². The van der Waals surface area contributed by atoms with Crippen LogP contribution in [0.4, 0.5) is 18.9 Å². The Hall–Kier alpha value is -1.37. The standard InChI is InChI=1S/C13H15F3N2OS/c1-17-11-3-2-9(13(14,15)16)8-10(11)12(19)18-4-6-20-7-5-18/h2-3,8,17H,4-7H2,1H3. The molecule has 0 saturated carbocycles. The number of hydrogen-bond acceptors (Lipinski definition) is 3. The quantitative estimate of drug-likeness (QED) is 0.912. The van der Waals surface area contributed by atoms with Gasteiger partial charge in [0.25, 0.3) is 5.91 Å². The van der Waals surface area contributed by atoms with Crippen molar-refractivity contribution in [2.24, 2.45) is 0 Å². The molecular weight excluding hydrogens is 289 g/mol. The van der Waals surface area contributed by atoms with Crippen molar-refractivity contribution in [2.75, 3.05) is 37.0 Å². The van der Waals surface area contributed by atoms with E-state index >= 15 is 0 Å². The Morgan fingerprint density at radius 2 is 1.95 bits per heavy atom. The summed E-state index contributed by atoms with van der Waals surface area (Å²) in [6.07, 6.45) is -4.45. The maximum atomic E-state index is 12.8. The van der Waals surface area contributed by atoms with Gasteiger partial charge in [0, 0.05) is 37.3 Å². The second kappa shape index (κ2) is 5.95. The van der Waals surface area contributed by atoms with Gasteiger partial charge in [-0.1, -0.05) is 0 Å². The van der Waals surface area contributed by atoms with Crippen LogP contribution in [0.3, 0.4) is 0 Å². The van der Waals surface area contributed by atoms with Crippen LogP contribution in [0.1, 0.15) is 15.9 Å². The van der Waals surface area contributed by atoms with Gasteiger partial charge in [-0.3, -0.25) is 4.79 Å². The lowest BCUT2D eigenvalue weighted by atomic mass is 10.1. The third-order valence-corrected chi connectivity index (χ3v) is 4.09. The van der Waals surface area contributed by atoms with E-state index < -0.39 is 11.7 Å². The van der Waals surface area contributed by atoms with E-state index in [9.17, 15) is 18.0 Å². The fourth-order valence-corrected chi connectivity index (χ4v) is 2.96.